The van der Waals surface area contributed by atoms with E-state index >= 15 is 4.39 Å². The molecule has 0 radical (unpaired) electrons. The van der Waals surface area contributed by atoms with Crippen LogP contribution in [-0.2, 0) is 19.1 Å². The number of benzene rings is 2. The summed E-state index contributed by atoms with van der Waals surface area (Å²) < 4.78 is 27.2. The number of halogens is 1. The highest BCUT2D eigenvalue weighted by Gasteiger charge is 2.38. The largest absolute Gasteiger partial charge is 0.466 e. The molecule has 4 heterocycles. The van der Waals surface area contributed by atoms with Gasteiger partial charge in [-0.25, -0.2) is 9.37 Å². The third-order valence-corrected chi connectivity index (χ3v) is 9.22. The van der Waals surface area contributed by atoms with E-state index in [1.807, 2.05) is 36.1 Å². The van der Waals surface area contributed by atoms with Crippen LogP contribution in [0.5, 0.6) is 0 Å². The van der Waals surface area contributed by atoms with Gasteiger partial charge in [-0.15, -0.1) is 0 Å². The van der Waals surface area contributed by atoms with Gasteiger partial charge in [0.15, 0.2) is 10.9 Å². The summed E-state index contributed by atoms with van der Waals surface area (Å²) in [7, 11) is 0. The molecule has 2 saturated heterocycles. The molecule has 0 aliphatic carbocycles. The number of carbonyl (C=O) groups excluding carboxylic acids is 2. The SMILES string of the molecule is CCOC(=O)CC1=CN(c2ccc3nc(N4CCOCC4)sc3c2)C(c2ccc(N3CCCC3)c(F)c2)C(C)C1=O. The third-order valence-electron chi connectivity index (χ3n) is 8.14. The van der Waals surface area contributed by atoms with Crippen LogP contribution in [0.25, 0.3) is 10.2 Å². The van der Waals surface area contributed by atoms with E-state index in [1.54, 1.807) is 30.5 Å². The van der Waals surface area contributed by atoms with Crippen molar-refractivity contribution in [2.45, 2.75) is 39.2 Å². The number of fused-ring (bicyclic) bond motifs is 1. The number of Topliss-reactive ketones (excluding diaryl/α,β-unsaturated/α-hetero) is 1. The van der Waals surface area contributed by atoms with Crippen LogP contribution in [0.1, 0.15) is 44.7 Å². The van der Waals surface area contributed by atoms with Crippen LogP contribution in [0.4, 0.5) is 20.9 Å². The Morgan fingerprint density at radius 1 is 1.10 bits per heavy atom. The van der Waals surface area contributed by atoms with Crippen LogP contribution < -0.4 is 14.7 Å². The van der Waals surface area contributed by atoms with Gasteiger partial charge in [0.05, 0.1) is 48.2 Å². The smallest absolute Gasteiger partial charge is 0.310 e. The molecule has 0 N–H and O–H groups in total. The first-order valence-corrected chi connectivity index (χ1v) is 15.2. The predicted octanol–water partition coefficient (Wildman–Crippen LogP) is 5.48. The number of aromatic nitrogens is 1. The fourth-order valence-corrected chi connectivity index (χ4v) is 7.10. The number of thiazole rings is 1. The minimum Gasteiger partial charge on any atom is -0.466 e. The van der Waals surface area contributed by atoms with Crippen LogP contribution in [0, 0.1) is 11.7 Å². The van der Waals surface area contributed by atoms with Gasteiger partial charge in [0.1, 0.15) is 5.82 Å². The van der Waals surface area contributed by atoms with E-state index in [2.05, 4.69) is 15.9 Å². The molecule has 2 atom stereocenters. The highest BCUT2D eigenvalue weighted by Crippen LogP contribution is 2.42. The minimum atomic E-state index is -0.512. The van der Waals surface area contributed by atoms with Gasteiger partial charge in [-0.05, 0) is 55.7 Å². The van der Waals surface area contributed by atoms with Gasteiger partial charge in [0.25, 0.3) is 0 Å². The molecular formula is C31H35FN4O4S. The number of anilines is 3. The lowest BCUT2D eigenvalue weighted by Gasteiger charge is -2.39. The molecule has 3 aliphatic rings. The topological polar surface area (TPSA) is 75.2 Å². The van der Waals surface area contributed by atoms with E-state index in [-0.39, 0.29) is 24.6 Å². The Morgan fingerprint density at radius 3 is 2.61 bits per heavy atom. The fourth-order valence-electron chi connectivity index (χ4n) is 6.05. The zero-order valence-electron chi connectivity index (χ0n) is 23.5. The van der Waals surface area contributed by atoms with Gasteiger partial charge in [-0.3, -0.25) is 9.59 Å². The van der Waals surface area contributed by atoms with Gasteiger partial charge in [-0.2, -0.15) is 0 Å². The first-order valence-electron chi connectivity index (χ1n) is 14.4. The molecule has 3 aromatic rings. The average Bonchev–Trinajstić information content (AvgIpc) is 3.66. The molecule has 0 amide bonds. The second-order valence-corrected chi connectivity index (χ2v) is 11.8. The number of nitrogens with zero attached hydrogens (tertiary/aromatic N) is 4. The predicted molar refractivity (Wildman–Crippen MR) is 159 cm³/mol. The van der Waals surface area contributed by atoms with Crippen molar-refractivity contribution in [2.24, 2.45) is 5.92 Å². The summed E-state index contributed by atoms with van der Waals surface area (Å²) >= 11 is 1.62. The minimum absolute atomic E-state index is 0.105. The van der Waals surface area contributed by atoms with E-state index < -0.39 is 17.9 Å². The van der Waals surface area contributed by atoms with Crippen LogP contribution in [0.3, 0.4) is 0 Å². The fraction of sp³-hybridized carbons (Fsp3) is 0.452. The zero-order chi connectivity index (χ0) is 28.5. The van der Waals surface area contributed by atoms with Crippen LogP contribution in [0.15, 0.2) is 48.2 Å². The highest BCUT2D eigenvalue weighted by molar-refractivity contribution is 7.22. The number of morpholine rings is 1. The van der Waals surface area contributed by atoms with Gasteiger partial charge >= 0.3 is 5.97 Å². The van der Waals surface area contributed by atoms with Crippen molar-refractivity contribution in [2.75, 3.05) is 60.7 Å². The standard InChI is InChI=1S/C31H35FN4O4S/c1-3-40-28(37)17-22-19-36(23-7-8-25-27(18-23)41-31(33-25)35-12-14-39-15-13-35)29(20(2)30(22)38)21-6-9-26(24(32)16-21)34-10-4-5-11-34/h6-9,16,18-20,29H,3-5,10-15,17H2,1-2H3. The average molecular weight is 579 g/mol. The number of esters is 1. The summed E-state index contributed by atoms with van der Waals surface area (Å²) in [5.74, 6) is -1.36. The van der Waals surface area contributed by atoms with Crippen LogP contribution in [-0.4, -0.2) is 62.7 Å². The second-order valence-electron chi connectivity index (χ2n) is 10.8. The normalized spacial score (nSPS) is 21.5. The van der Waals surface area contributed by atoms with Crippen molar-refractivity contribution in [3.05, 3.63) is 59.6 Å². The summed E-state index contributed by atoms with van der Waals surface area (Å²) in [6.45, 7) is 8.52. The Hall–Kier alpha value is -3.50. The number of hydrogen-bond acceptors (Lipinski definition) is 9. The van der Waals surface area contributed by atoms with Crippen molar-refractivity contribution < 1.29 is 23.5 Å². The number of ether oxygens (including phenoxy) is 2. The maximum absolute atomic E-state index is 15.5. The van der Waals surface area contributed by atoms with Crippen LogP contribution >= 0.6 is 11.3 Å². The quantitative estimate of drug-likeness (QED) is 0.342. The van der Waals surface area contributed by atoms with E-state index in [4.69, 9.17) is 14.5 Å². The molecule has 0 bridgehead atoms. The molecule has 0 spiro atoms. The maximum Gasteiger partial charge on any atom is 0.310 e. The summed E-state index contributed by atoms with van der Waals surface area (Å²) in [6.07, 6.45) is 3.77. The molecule has 2 unspecified atom stereocenters. The molecule has 216 valence electrons. The van der Waals surface area contributed by atoms with Gasteiger partial charge < -0.3 is 24.2 Å². The number of carbonyl (C=O) groups is 2. The lowest BCUT2D eigenvalue weighted by molar-refractivity contribution is -0.143. The van der Waals surface area contributed by atoms with Gasteiger partial charge in [0, 0.05) is 49.6 Å². The summed E-state index contributed by atoms with van der Waals surface area (Å²) in [4.78, 5) is 37.1. The second kappa shape index (κ2) is 11.8. The Balaban J connectivity index is 1.39. The van der Waals surface area contributed by atoms with E-state index in [9.17, 15) is 9.59 Å². The first-order chi connectivity index (χ1) is 19.9. The van der Waals surface area contributed by atoms with Crippen LogP contribution in [0.2, 0.25) is 0 Å². The maximum atomic E-state index is 15.5. The molecule has 3 aliphatic heterocycles. The van der Waals surface area contributed by atoms with Gasteiger partial charge in [-0.1, -0.05) is 24.3 Å². The number of ketones is 1. The molecule has 1 aromatic heterocycles. The van der Waals surface area contributed by atoms with Crippen molar-refractivity contribution in [3.63, 3.8) is 0 Å². The molecule has 0 saturated carbocycles. The van der Waals surface area contributed by atoms with Crippen molar-refractivity contribution >= 4 is 49.8 Å². The van der Waals surface area contributed by atoms with Gasteiger partial charge in [0.2, 0.25) is 0 Å². The lowest BCUT2D eigenvalue weighted by Crippen LogP contribution is -2.39. The van der Waals surface area contributed by atoms with Crippen molar-refractivity contribution in [1.82, 2.24) is 4.98 Å². The van der Waals surface area contributed by atoms with E-state index in [1.165, 1.54) is 0 Å². The Kier molecular flexibility index (Phi) is 7.94. The molecular weight excluding hydrogens is 543 g/mol. The lowest BCUT2D eigenvalue weighted by atomic mass is 9.83. The van der Waals surface area contributed by atoms with E-state index in [0.717, 1.165) is 65.6 Å². The first kappa shape index (κ1) is 27.7. The van der Waals surface area contributed by atoms with Crippen molar-refractivity contribution in [1.29, 1.82) is 0 Å². The molecule has 2 fully saturated rings. The van der Waals surface area contributed by atoms with E-state index in [0.29, 0.717) is 24.5 Å². The molecule has 41 heavy (non-hydrogen) atoms. The molecule has 2 aromatic carbocycles. The number of hydrogen-bond donors (Lipinski definition) is 0. The Morgan fingerprint density at radius 2 is 1.88 bits per heavy atom. The Bertz CT molecular complexity index is 1480. The molecule has 8 nitrogen and oxygen atoms in total. The summed E-state index contributed by atoms with van der Waals surface area (Å²) in [5, 5.41) is 0.956. The monoisotopic (exact) mass is 578 g/mol. The van der Waals surface area contributed by atoms with Crippen molar-refractivity contribution in [3.8, 4) is 0 Å². The molecule has 10 heteroatoms. The highest BCUT2D eigenvalue weighted by atomic mass is 32.1. The molecule has 6 rings (SSSR count). The Labute approximate surface area is 243 Å². The zero-order valence-corrected chi connectivity index (χ0v) is 24.3. The third kappa shape index (κ3) is 5.55. The summed E-state index contributed by atoms with van der Waals surface area (Å²) in [6, 6.07) is 10.9. The summed E-state index contributed by atoms with van der Waals surface area (Å²) in [5.41, 5.74) is 3.46. The number of rotatable bonds is 7.